The average molecular weight is 351 g/mol. The second-order valence-corrected chi connectivity index (χ2v) is 5.58. The summed E-state index contributed by atoms with van der Waals surface area (Å²) in [7, 11) is 0. The minimum atomic E-state index is 0. The molecular formula is C15H28Cl2N4O. The van der Waals surface area contributed by atoms with Gasteiger partial charge in [0, 0.05) is 24.7 Å². The minimum Gasteiger partial charge on any atom is -0.336 e. The molecule has 128 valence electrons. The fraction of sp³-hybridized carbons (Fsp3) is 0.733. The van der Waals surface area contributed by atoms with E-state index >= 15 is 0 Å². The highest BCUT2D eigenvalue weighted by Gasteiger charge is 2.27. The number of nitrogens with zero attached hydrogens (tertiary/aromatic N) is 2. The SMILES string of the molecule is Cl.Cl.NCCCCCCC(=O)N1CCCCC1c1cn[nH]c1. The van der Waals surface area contributed by atoms with E-state index in [4.69, 9.17) is 5.73 Å². The van der Waals surface area contributed by atoms with Gasteiger partial charge in [-0.1, -0.05) is 12.8 Å². The third-order valence-electron chi connectivity index (χ3n) is 4.07. The number of nitrogens with two attached hydrogens (primary N) is 1. The lowest BCUT2D eigenvalue weighted by molar-refractivity contribution is -0.135. The molecule has 7 heteroatoms. The molecule has 1 unspecified atom stereocenters. The molecule has 0 aromatic carbocycles. The highest BCUT2D eigenvalue weighted by atomic mass is 35.5. The van der Waals surface area contributed by atoms with Crippen molar-refractivity contribution in [1.29, 1.82) is 0 Å². The Labute approximate surface area is 145 Å². The van der Waals surface area contributed by atoms with Crippen LogP contribution in [0.15, 0.2) is 12.4 Å². The van der Waals surface area contributed by atoms with Crippen LogP contribution in [0.1, 0.15) is 63.0 Å². The van der Waals surface area contributed by atoms with Gasteiger partial charge in [0.25, 0.3) is 0 Å². The van der Waals surface area contributed by atoms with Gasteiger partial charge in [0.05, 0.1) is 12.2 Å². The van der Waals surface area contributed by atoms with Crippen LogP contribution >= 0.6 is 24.8 Å². The fourth-order valence-electron chi connectivity index (χ4n) is 2.94. The highest BCUT2D eigenvalue weighted by Crippen LogP contribution is 2.31. The molecule has 0 bridgehead atoms. The standard InChI is InChI=1S/C15H26N4O.2ClH/c16-9-5-2-1-3-8-15(20)19-10-6-4-7-14(19)13-11-17-18-12-13;;/h11-12,14H,1-10,16H2,(H,17,18);2*1H. The van der Waals surface area contributed by atoms with Crippen LogP contribution in [0.3, 0.4) is 0 Å². The van der Waals surface area contributed by atoms with Crippen molar-refractivity contribution in [3.63, 3.8) is 0 Å². The molecule has 5 nitrogen and oxygen atoms in total. The van der Waals surface area contributed by atoms with Gasteiger partial charge in [0.15, 0.2) is 0 Å². The first-order chi connectivity index (χ1) is 9.83. The van der Waals surface area contributed by atoms with Crippen molar-refractivity contribution < 1.29 is 4.79 Å². The molecule has 2 rings (SSSR count). The maximum absolute atomic E-state index is 12.4. The number of H-pyrrole nitrogens is 1. The molecule has 1 fully saturated rings. The van der Waals surface area contributed by atoms with Crippen molar-refractivity contribution in [2.24, 2.45) is 5.73 Å². The van der Waals surface area contributed by atoms with Crippen molar-refractivity contribution in [2.75, 3.05) is 13.1 Å². The number of hydrogen-bond donors (Lipinski definition) is 2. The monoisotopic (exact) mass is 350 g/mol. The van der Waals surface area contributed by atoms with Gasteiger partial charge in [-0.3, -0.25) is 9.89 Å². The molecule has 1 aliphatic rings. The van der Waals surface area contributed by atoms with Crippen molar-refractivity contribution in [3.8, 4) is 0 Å². The van der Waals surface area contributed by atoms with E-state index in [1.165, 1.54) is 6.42 Å². The molecular weight excluding hydrogens is 323 g/mol. The molecule has 0 aliphatic carbocycles. The Bertz CT molecular complexity index is 400. The van der Waals surface area contributed by atoms with Crippen LogP contribution in [0.4, 0.5) is 0 Å². The van der Waals surface area contributed by atoms with Gasteiger partial charge in [0.1, 0.15) is 0 Å². The zero-order valence-electron chi connectivity index (χ0n) is 13.0. The van der Waals surface area contributed by atoms with E-state index in [0.29, 0.717) is 12.3 Å². The normalized spacial score (nSPS) is 17.5. The Hall–Kier alpha value is -0.780. The molecule has 1 aromatic heterocycles. The minimum absolute atomic E-state index is 0. The number of amides is 1. The predicted molar refractivity (Wildman–Crippen MR) is 93.5 cm³/mol. The molecule has 0 spiro atoms. The summed E-state index contributed by atoms with van der Waals surface area (Å²) in [6.07, 6.45) is 12.1. The first-order valence-corrected chi connectivity index (χ1v) is 7.81. The van der Waals surface area contributed by atoms with Crippen LogP contribution in [-0.2, 0) is 4.79 Å². The van der Waals surface area contributed by atoms with Crippen LogP contribution in [0.25, 0.3) is 0 Å². The van der Waals surface area contributed by atoms with Crippen LogP contribution in [-0.4, -0.2) is 34.1 Å². The van der Waals surface area contributed by atoms with Crippen LogP contribution < -0.4 is 5.73 Å². The quantitative estimate of drug-likeness (QED) is 0.741. The molecule has 0 radical (unpaired) electrons. The van der Waals surface area contributed by atoms with Gasteiger partial charge in [-0.2, -0.15) is 5.10 Å². The molecule has 1 aromatic rings. The van der Waals surface area contributed by atoms with E-state index < -0.39 is 0 Å². The summed E-state index contributed by atoms with van der Waals surface area (Å²) >= 11 is 0. The lowest BCUT2D eigenvalue weighted by atomic mass is 9.97. The second-order valence-electron chi connectivity index (χ2n) is 5.58. The molecule has 1 atom stereocenters. The Morgan fingerprint density at radius 2 is 2.05 bits per heavy atom. The summed E-state index contributed by atoms with van der Waals surface area (Å²) in [4.78, 5) is 14.5. The number of carbonyl (C=O) groups excluding carboxylic acids is 1. The molecule has 22 heavy (non-hydrogen) atoms. The number of piperidine rings is 1. The number of carbonyl (C=O) groups is 1. The maximum atomic E-state index is 12.4. The average Bonchev–Trinajstić information content (AvgIpc) is 3.01. The fourth-order valence-corrected chi connectivity index (χ4v) is 2.94. The zero-order valence-corrected chi connectivity index (χ0v) is 14.6. The van der Waals surface area contributed by atoms with E-state index in [-0.39, 0.29) is 30.9 Å². The molecule has 1 amide bonds. The van der Waals surface area contributed by atoms with Crippen LogP contribution in [0, 0.1) is 0 Å². The smallest absolute Gasteiger partial charge is 0.223 e. The van der Waals surface area contributed by atoms with E-state index in [2.05, 4.69) is 15.1 Å². The number of aromatic amines is 1. The Morgan fingerprint density at radius 1 is 1.27 bits per heavy atom. The van der Waals surface area contributed by atoms with Crippen molar-refractivity contribution in [2.45, 2.75) is 57.4 Å². The largest absolute Gasteiger partial charge is 0.336 e. The Balaban J connectivity index is 0.00000220. The Morgan fingerprint density at radius 3 is 2.73 bits per heavy atom. The van der Waals surface area contributed by atoms with Crippen molar-refractivity contribution >= 4 is 30.7 Å². The van der Waals surface area contributed by atoms with Crippen molar-refractivity contribution in [3.05, 3.63) is 18.0 Å². The Kier molecular flexibility index (Phi) is 11.3. The van der Waals surface area contributed by atoms with Gasteiger partial charge < -0.3 is 10.6 Å². The number of rotatable bonds is 7. The third kappa shape index (κ3) is 6.15. The summed E-state index contributed by atoms with van der Waals surface area (Å²) < 4.78 is 0. The number of hydrogen-bond acceptors (Lipinski definition) is 3. The number of unbranched alkanes of at least 4 members (excludes halogenated alkanes) is 3. The lowest BCUT2D eigenvalue weighted by Crippen LogP contribution is -2.38. The van der Waals surface area contributed by atoms with E-state index in [1.54, 1.807) is 0 Å². The second kappa shape index (κ2) is 11.7. The zero-order chi connectivity index (χ0) is 14.2. The third-order valence-corrected chi connectivity index (χ3v) is 4.07. The highest BCUT2D eigenvalue weighted by molar-refractivity contribution is 5.85. The summed E-state index contributed by atoms with van der Waals surface area (Å²) in [5, 5.41) is 6.87. The van der Waals surface area contributed by atoms with E-state index in [9.17, 15) is 4.79 Å². The predicted octanol–water partition coefficient (Wildman–Crippen LogP) is 3.22. The topological polar surface area (TPSA) is 75.0 Å². The summed E-state index contributed by atoms with van der Waals surface area (Å²) in [5.74, 6) is 0.295. The van der Waals surface area contributed by atoms with Gasteiger partial charge >= 0.3 is 0 Å². The molecule has 3 N–H and O–H groups in total. The molecule has 1 aliphatic heterocycles. The van der Waals surface area contributed by atoms with Crippen molar-refractivity contribution in [1.82, 2.24) is 15.1 Å². The van der Waals surface area contributed by atoms with Gasteiger partial charge in [-0.15, -0.1) is 24.8 Å². The summed E-state index contributed by atoms with van der Waals surface area (Å²) in [5.41, 5.74) is 6.62. The first-order valence-electron chi connectivity index (χ1n) is 7.81. The maximum Gasteiger partial charge on any atom is 0.223 e. The van der Waals surface area contributed by atoms with E-state index in [1.807, 2.05) is 12.4 Å². The van der Waals surface area contributed by atoms with Gasteiger partial charge in [-0.05, 0) is 38.6 Å². The molecule has 1 saturated heterocycles. The number of likely N-dealkylation sites (tertiary alicyclic amines) is 1. The van der Waals surface area contributed by atoms with Gasteiger partial charge in [-0.25, -0.2) is 0 Å². The number of halogens is 2. The first kappa shape index (κ1) is 21.2. The van der Waals surface area contributed by atoms with Crippen LogP contribution in [0.5, 0.6) is 0 Å². The number of aromatic nitrogens is 2. The van der Waals surface area contributed by atoms with Crippen LogP contribution in [0.2, 0.25) is 0 Å². The van der Waals surface area contributed by atoms with Gasteiger partial charge in [0.2, 0.25) is 5.91 Å². The number of nitrogens with one attached hydrogen (secondary N) is 1. The molecule has 2 heterocycles. The van der Waals surface area contributed by atoms with E-state index in [0.717, 1.165) is 57.2 Å². The lowest BCUT2D eigenvalue weighted by Gasteiger charge is -2.35. The summed E-state index contributed by atoms with van der Waals surface area (Å²) in [6.45, 7) is 1.64. The summed E-state index contributed by atoms with van der Waals surface area (Å²) in [6, 6.07) is 0.221. The molecule has 0 saturated carbocycles.